The Morgan fingerprint density at radius 1 is 1.15 bits per heavy atom. The summed E-state index contributed by atoms with van der Waals surface area (Å²) >= 11 is 0. The Hall–Kier alpha value is -0.900. The summed E-state index contributed by atoms with van der Waals surface area (Å²) in [7, 11) is 0. The van der Waals surface area contributed by atoms with Crippen molar-refractivity contribution in [2.45, 2.75) is 76.4 Å². The molecule has 2 heterocycles. The molecule has 2 aliphatic heterocycles. The molecule has 3 heteroatoms. The van der Waals surface area contributed by atoms with Crippen LogP contribution < -0.4 is 0 Å². The summed E-state index contributed by atoms with van der Waals surface area (Å²) in [6.45, 7) is 12.4. The van der Waals surface area contributed by atoms with Gasteiger partial charge < -0.3 is 10.0 Å². The molecular formula is C23H38N2O. The summed E-state index contributed by atoms with van der Waals surface area (Å²) in [4.78, 5) is 5.12. The fourth-order valence-corrected chi connectivity index (χ4v) is 5.18. The maximum absolute atomic E-state index is 11.2. The van der Waals surface area contributed by atoms with Gasteiger partial charge in [0.05, 0.1) is 5.60 Å². The fourth-order valence-electron chi connectivity index (χ4n) is 5.18. The highest BCUT2D eigenvalue weighted by Gasteiger charge is 2.44. The van der Waals surface area contributed by atoms with Crippen molar-refractivity contribution < 1.29 is 5.11 Å². The van der Waals surface area contributed by atoms with Crippen molar-refractivity contribution in [1.82, 2.24) is 9.80 Å². The van der Waals surface area contributed by atoms with E-state index in [0.29, 0.717) is 6.04 Å². The van der Waals surface area contributed by atoms with Crippen molar-refractivity contribution >= 4 is 0 Å². The van der Waals surface area contributed by atoms with Crippen molar-refractivity contribution in [2.75, 3.05) is 32.7 Å². The Morgan fingerprint density at radius 2 is 1.88 bits per heavy atom. The number of hydrogen-bond acceptors (Lipinski definition) is 3. The lowest BCUT2D eigenvalue weighted by atomic mass is 9.70. The first-order valence-corrected chi connectivity index (χ1v) is 10.7. The molecule has 1 aromatic carbocycles. The van der Waals surface area contributed by atoms with Gasteiger partial charge in [0, 0.05) is 24.5 Å². The second-order valence-corrected chi connectivity index (χ2v) is 8.90. The number of piperidine rings is 2. The van der Waals surface area contributed by atoms with Crippen molar-refractivity contribution in [1.29, 1.82) is 0 Å². The normalized spacial score (nSPS) is 32.6. The van der Waals surface area contributed by atoms with Gasteiger partial charge in [0.15, 0.2) is 0 Å². The lowest BCUT2D eigenvalue weighted by Crippen LogP contribution is -2.57. The highest BCUT2D eigenvalue weighted by atomic mass is 16.3. The molecule has 3 nitrogen and oxygen atoms in total. The van der Waals surface area contributed by atoms with Crippen molar-refractivity contribution in [3.05, 3.63) is 35.9 Å². The molecule has 2 fully saturated rings. The van der Waals surface area contributed by atoms with Gasteiger partial charge in [-0.1, -0.05) is 51.1 Å². The Kier molecular flexibility index (Phi) is 6.42. The maximum atomic E-state index is 11.2. The first-order valence-electron chi connectivity index (χ1n) is 10.7. The molecule has 0 saturated carbocycles. The molecule has 0 bridgehead atoms. The molecule has 0 aliphatic carbocycles. The molecule has 0 radical (unpaired) electrons. The molecule has 2 saturated heterocycles. The van der Waals surface area contributed by atoms with Crippen LogP contribution in [0.1, 0.15) is 64.9 Å². The standard InChI is InChI=1S/C23H38N2O/c1-4-24(5-2)16-9-13-23(26)15-17-25-19-22(3,14-12-21(25)18-23)20-10-7-6-8-11-20/h6-8,10-11,21,26H,4-5,9,12-19H2,1-3H3. The van der Waals surface area contributed by atoms with Crippen LogP contribution in [0.15, 0.2) is 30.3 Å². The minimum Gasteiger partial charge on any atom is -0.390 e. The van der Waals surface area contributed by atoms with Crippen LogP contribution in [0.4, 0.5) is 0 Å². The van der Waals surface area contributed by atoms with Gasteiger partial charge in [-0.15, -0.1) is 0 Å². The monoisotopic (exact) mass is 358 g/mol. The van der Waals surface area contributed by atoms with Crippen LogP contribution in [-0.2, 0) is 5.41 Å². The summed E-state index contributed by atoms with van der Waals surface area (Å²) in [5.41, 5.74) is 1.30. The summed E-state index contributed by atoms with van der Waals surface area (Å²) in [6.07, 6.45) is 6.43. The lowest BCUT2D eigenvalue weighted by Gasteiger charge is -2.51. The van der Waals surface area contributed by atoms with E-state index in [2.05, 4.69) is 60.9 Å². The Bertz CT molecular complexity index is 559. The van der Waals surface area contributed by atoms with E-state index in [1.807, 2.05) is 0 Å². The molecule has 1 aromatic rings. The van der Waals surface area contributed by atoms with E-state index < -0.39 is 5.60 Å². The molecule has 2 aliphatic rings. The van der Waals surface area contributed by atoms with Gasteiger partial charge >= 0.3 is 0 Å². The minimum absolute atomic E-state index is 0.260. The largest absolute Gasteiger partial charge is 0.390 e. The third kappa shape index (κ3) is 4.49. The van der Waals surface area contributed by atoms with E-state index in [-0.39, 0.29) is 5.41 Å². The number of hydrogen-bond donors (Lipinski definition) is 1. The smallest absolute Gasteiger partial charge is 0.0675 e. The fraction of sp³-hybridized carbons (Fsp3) is 0.739. The highest BCUT2D eigenvalue weighted by Crippen LogP contribution is 2.41. The molecule has 0 spiro atoms. The van der Waals surface area contributed by atoms with Crippen LogP contribution in [0, 0.1) is 0 Å². The Morgan fingerprint density at radius 3 is 2.58 bits per heavy atom. The van der Waals surface area contributed by atoms with Crippen molar-refractivity contribution in [3.63, 3.8) is 0 Å². The average Bonchev–Trinajstić information content (AvgIpc) is 2.66. The van der Waals surface area contributed by atoms with Crippen molar-refractivity contribution in [2.24, 2.45) is 0 Å². The predicted molar refractivity (Wildman–Crippen MR) is 110 cm³/mol. The Labute approximate surface area is 160 Å². The predicted octanol–water partition coefficient (Wildman–Crippen LogP) is 4.06. The third-order valence-corrected chi connectivity index (χ3v) is 7.06. The van der Waals surface area contributed by atoms with E-state index in [9.17, 15) is 5.11 Å². The van der Waals surface area contributed by atoms with Gasteiger partial charge in [0.25, 0.3) is 0 Å². The SMILES string of the molecule is CCN(CC)CCCC1(O)CCN2CC(C)(c3ccccc3)CCC2C1. The van der Waals surface area contributed by atoms with E-state index in [1.54, 1.807) is 0 Å². The first kappa shape index (κ1) is 19.9. The number of aliphatic hydroxyl groups is 1. The molecule has 0 amide bonds. The van der Waals surface area contributed by atoms with Crippen LogP contribution in [0.25, 0.3) is 0 Å². The van der Waals surface area contributed by atoms with Crippen molar-refractivity contribution in [3.8, 4) is 0 Å². The summed E-state index contributed by atoms with van der Waals surface area (Å²) in [5, 5.41) is 11.2. The topological polar surface area (TPSA) is 26.7 Å². The van der Waals surface area contributed by atoms with Gasteiger partial charge in [-0.2, -0.15) is 0 Å². The lowest BCUT2D eigenvalue weighted by molar-refractivity contribution is -0.0727. The molecule has 146 valence electrons. The van der Waals surface area contributed by atoms with Crippen LogP contribution in [-0.4, -0.2) is 59.3 Å². The molecule has 3 atom stereocenters. The van der Waals surface area contributed by atoms with Gasteiger partial charge in [0.2, 0.25) is 0 Å². The molecule has 0 aromatic heterocycles. The second kappa shape index (κ2) is 8.41. The van der Waals surface area contributed by atoms with Gasteiger partial charge in [-0.3, -0.25) is 4.90 Å². The number of nitrogens with zero attached hydrogens (tertiary/aromatic N) is 2. The first-order chi connectivity index (χ1) is 12.5. The molecular weight excluding hydrogens is 320 g/mol. The molecule has 3 unspecified atom stereocenters. The summed E-state index contributed by atoms with van der Waals surface area (Å²) < 4.78 is 0. The maximum Gasteiger partial charge on any atom is 0.0675 e. The van der Waals surface area contributed by atoms with Crippen LogP contribution >= 0.6 is 0 Å². The summed E-state index contributed by atoms with van der Waals surface area (Å²) in [5.74, 6) is 0. The zero-order valence-electron chi connectivity index (χ0n) is 17.1. The summed E-state index contributed by atoms with van der Waals surface area (Å²) in [6, 6.07) is 11.6. The Balaban J connectivity index is 1.55. The quantitative estimate of drug-likeness (QED) is 0.796. The number of rotatable bonds is 7. The van der Waals surface area contributed by atoms with E-state index in [0.717, 1.165) is 58.4 Å². The molecule has 1 N–H and O–H groups in total. The van der Waals surface area contributed by atoms with Gasteiger partial charge in [0.1, 0.15) is 0 Å². The van der Waals surface area contributed by atoms with Crippen LogP contribution in [0.5, 0.6) is 0 Å². The second-order valence-electron chi connectivity index (χ2n) is 8.90. The number of benzene rings is 1. The average molecular weight is 359 g/mol. The van der Waals surface area contributed by atoms with Gasteiger partial charge in [-0.05, 0) is 63.7 Å². The van der Waals surface area contributed by atoms with E-state index in [1.165, 1.54) is 18.4 Å². The van der Waals surface area contributed by atoms with E-state index in [4.69, 9.17) is 0 Å². The zero-order chi connectivity index (χ0) is 18.6. The number of fused-ring (bicyclic) bond motifs is 1. The zero-order valence-corrected chi connectivity index (χ0v) is 17.1. The van der Waals surface area contributed by atoms with E-state index >= 15 is 0 Å². The van der Waals surface area contributed by atoms with Gasteiger partial charge in [-0.25, -0.2) is 0 Å². The minimum atomic E-state index is -0.436. The molecule has 26 heavy (non-hydrogen) atoms. The van der Waals surface area contributed by atoms with Crippen LogP contribution in [0.2, 0.25) is 0 Å². The highest BCUT2D eigenvalue weighted by molar-refractivity contribution is 5.26. The third-order valence-electron chi connectivity index (χ3n) is 7.06. The van der Waals surface area contributed by atoms with Crippen LogP contribution in [0.3, 0.4) is 0 Å². The molecule has 3 rings (SSSR count).